The van der Waals surface area contributed by atoms with Crippen LogP contribution in [-0.2, 0) is 9.47 Å². The van der Waals surface area contributed by atoms with Gasteiger partial charge in [-0.25, -0.2) is 0 Å². The van der Waals surface area contributed by atoms with Gasteiger partial charge in [0.1, 0.15) is 0 Å². The molecule has 0 aromatic carbocycles. The van der Waals surface area contributed by atoms with Crippen molar-refractivity contribution in [1.82, 2.24) is 0 Å². The third kappa shape index (κ3) is 8.13. The van der Waals surface area contributed by atoms with Crippen molar-refractivity contribution >= 4 is 0 Å². The van der Waals surface area contributed by atoms with E-state index < -0.39 is 5.97 Å². The SMILES string of the molecule is CCOC(O)(/C=C(\C)CCC=C(C)C)OCC. The predicted octanol–water partition coefficient (Wildman–Crippen LogP) is 3.40. The standard InChI is InChI=1S/C14H26O3/c1-6-16-14(15,17-7-2)11-13(5)10-8-9-12(3)4/h9,11,15H,6-8,10H2,1-5H3/b13-11+. The monoisotopic (exact) mass is 242 g/mol. The van der Waals surface area contributed by atoms with E-state index in [9.17, 15) is 5.11 Å². The first-order chi connectivity index (χ1) is 7.93. The number of hydrogen-bond donors (Lipinski definition) is 1. The van der Waals surface area contributed by atoms with Crippen LogP contribution in [0.2, 0.25) is 0 Å². The van der Waals surface area contributed by atoms with Gasteiger partial charge in [-0.15, -0.1) is 0 Å². The van der Waals surface area contributed by atoms with Crippen molar-refractivity contribution in [3.63, 3.8) is 0 Å². The summed E-state index contributed by atoms with van der Waals surface area (Å²) in [4.78, 5) is 0. The fourth-order valence-electron chi connectivity index (χ4n) is 1.51. The highest BCUT2D eigenvalue weighted by atomic mass is 16.8. The van der Waals surface area contributed by atoms with Crippen LogP contribution in [0.15, 0.2) is 23.3 Å². The van der Waals surface area contributed by atoms with Crippen LogP contribution in [0.4, 0.5) is 0 Å². The van der Waals surface area contributed by atoms with E-state index >= 15 is 0 Å². The Bertz CT molecular complexity index is 257. The van der Waals surface area contributed by atoms with Crippen LogP contribution in [0.5, 0.6) is 0 Å². The molecule has 0 aromatic rings. The lowest BCUT2D eigenvalue weighted by Gasteiger charge is -2.24. The molecule has 0 saturated heterocycles. The Morgan fingerprint density at radius 1 is 1.12 bits per heavy atom. The molecule has 3 heteroatoms. The van der Waals surface area contributed by atoms with Crippen molar-refractivity contribution < 1.29 is 14.6 Å². The second-order valence-corrected chi connectivity index (χ2v) is 4.31. The van der Waals surface area contributed by atoms with Crippen LogP contribution in [0.25, 0.3) is 0 Å². The molecule has 0 spiro atoms. The van der Waals surface area contributed by atoms with Crippen LogP contribution in [0, 0.1) is 0 Å². The third-order valence-corrected chi connectivity index (χ3v) is 2.22. The number of ether oxygens (including phenoxy) is 2. The quantitative estimate of drug-likeness (QED) is 0.523. The largest absolute Gasteiger partial charge is 0.340 e. The maximum absolute atomic E-state index is 10.1. The summed E-state index contributed by atoms with van der Waals surface area (Å²) in [5, 5.41) is 10.1. The molecule has 1 N–H and O–H groups in total. The van der Waals surface area contributed by atoms with Gasteiger partial charge >= 0.3 is 5.97 Å². The molecule has 100 valence electrons. The van der Waals surface area contributed by atoms with Crippen molar-refractivity contribution in [1.29, 1.82) is 0 Å². The molecule has 0 aliphatic carbocycles. The van der Waals surface area contributed by atoms with E-state index in [1.165, 1.54) is 5.57 Å². The smallest absolute Gasteiger partial charge is 0.302 e. The first kappa shape index (κ1) is 16.4. The van der Waals surface area contributed by atoms with Crippen LogP contribution >= 0.6 is 0 Å². The molecule has 0 aliphatic rings. The summed E-state index contributed by atoms with van der Waals surface area (Å²) >= 11 is 0. The summed E-state index contributed by atoms with van der Waals surface area (Å²) in [5.74, 6) is -1.57. The molecule has 0 fully saturated rings. The zero-order valence-electron chi connectivity index (χ0n) is 11.7. The van der Waals surface area contributed by atoms with Crippen molar-refractivity contribution in [3.05, 3.63) is 23.3 Å². The van der Waals surface area contributed by atoms with Crippen LogP contribution in [0.1, 0.15) is 47.5 Å². The van der Waals surface area contributed by atoms with Gasteiger partial charge < -0.3 is 14.6 Å². The zero-order chi connectivity index (χ0) is 13.3. The Balaban J connectivity index is 4.42. The molecular formula is C14H26O3. The van der Waals surface area contributed by atoms with Crippen molar-refractivity contribution in [3.8, 4) is 0 Å². The molecule has 3 nitrogen and oxygen atoms in total. The lowest BCUT2D eigenvalue weighted by atomic mass is 10.1. The number of aliphatic hydroxyl groups is 1. The van der Waals surface area contributed by atoms with Gasteiger partial charge in [-0.1, -0.05) is 17.2 Å². The molecule has 0 unspecified atom stereocenters. The van der Waals surface area contributed by atoms with E-state index in [1.54, 1.807) is 6.08 Å². The molecule has 0 rings (SSSR count). The average Bonchev–Trinajstić information content (AvgIpc) is 2.16. The third-order valence-electron chi connectivity index (χ3n) is 2.22. The van der Waals surface area contributed by atoms with E-state index in [2.05, 4.69) is 19.9 Å². The van der Waals surface area contributed by atoms with Crippen molar-refractivity contribution in [2.75, 3.05) is 13.2 Å². The summed E-state index contributed by atoms with van der Waals surface area (Å²) < 4.78 is 10.4. The van der Waals surface area contributed by atoms with E-state index in [-0.39, 0.29) is 0 Å². The van der Waals surface area contributed by atoms with Gasteiger partial charge in [0, 0.05) is 19.3 Å². The Kier molecular flexibility index (Phi) is 8.13. The van der Waals surface area contributed by atoms with E-state index in [4.69, 9.17) is 9.47 Å². The van der Waals surface area contributed by atoms with Crippen molar-refractivity contribution in [2.24, 2.45) is 0 Å². The predicted molar refractivity (Wildman–Crippen MR) is 70.6 cm³/mol. The minimum Gasteiger partial charge on any atom is -0.340 e. The van der Waals surface area contributed by atoms with Gasteiger partial charge in [0.2, 0.25) is 0 Å². The molecular weight excluding hydrogens is 216 g/mol. The fourth-order valence-corrected chi connectivity index (χ4v) is 1.51. The lowest BCUT2D eigenvalue weighted by molar-refractivity contribution is -0.324. The Morgan fingerprint density at radius 3 is 2.06 bits per heavy atom. The average molecular weight is 242 g/mol. The van der Waals surface area contributed by atoms with E-state index in [1.807, 2.05) is 20.8 Å². The highest BCUT2D eigenvalue weighted by molar-refractivity contribution is 5.05. The summed E-state index contributed by atoms with van der Waals surface area (Å²) in [7, 11) is 0. The molecule has 0 atom stereocenters. The first-order valence-corrected chi connectivity index (χ1v) is 6.25. The van der Waals surface area contributed by atoms with Gasteiger partial charge in [-0.3, -0.25) is 0 Å². The van der Waals surface area contributed by atoms with Gasteiger partial charge in [-0.2, -0.15) is 0 Å². The molecule has 0 aromatic heterocycles. The Hall–Kier alpha value is -0.640. The Morgan fingerprint density at radius 2 is 1.65 bits per heavy atom. The maximum Gasteiger partial charge on any atom is 0.302 e. The second kappa shape index (κ2) is 8.45. The minimum absolute atomic E-state index is 0.411. The van der Waals surface area contributed by atoms with Crippen molar-refractivity contribution in [2.45, 2.75) is 53.4 Å². The molecule has 0 aliphatic heterocycles. The minimum atomic E-state index is -1.57. The normalized spacial score (nSPS) is 12.7. The van der Waals surface area contributed by atoms with Crippen LogP contribution < -0.4 is 0 Å². The van der Waals surface area contributed by atoms with Gasteiger partial charge in [-0.05, 0) is 47.5 Å². The Labute approximate surface area is 105 Å². The summed E-state index contributed by atoms with van der Waals surface area (Å²) in [6.45, 7) is 10.6. The fraction of sp³-hybridized carbons (Fsp3) is 0.714. The molecule has 0 radical (unpaired) electrons. The molecule has 0 amide bonds. The highest BCUT2D eigenvalue weighted by Gasteiger charge is 2.24. The maximum atomic E-state index is 10.1. The molecule has 0 heterocycles. The number of hydrogen-bond acceptors (Lipinski definition) is 3. The molecule has 0 bridgehead atoms. The number of rotatable bonds is 8. The second-order valence-electron chi connectivity index (χ2n) is 4.31. The lowest BCUT2D eigenvalue weighted by Crippen LogP contribution is -2.34. The molecule has 17 heavy (non-hydrogen) atoms. The van der Waals surface area contributed by atoms with Crippen LogP contribution in [0.3, 0.4) is 0 Å². The summed E-state index contributed by atoms with van der Waals surface area (Å²) in [6.07, 6.45) is 5.70. The van der Waals surface area contributed by atoms with E-state index in [0.717, 1.165) is 18.4 Å². The topological polar surface area (TPSA) is 38.7 Å². The van der Waals surface area contributed by atoms with Crippen LogP contribution in [-0.4, -0.2) is 24.3 Å². The zero-order valence-corrected chi connectivity index (χ0v) is 11.7. The van der Waals surface area contributed by atoms with Gasteiger partial charge in [0.25, 0.3) is 0 Å². The molecule has 0 saturated carbocycles. The number of allylic oxidation sites excluding steroid dienone is 3. The van der Waals surface area contributed by atoms with E-state index in [0.29, 0.717) is 13.2 Å². The summed E-state index contributed by atoms with van der Waals surface area (Å²) in [5.41, 5.74) is 2.37. The summed E-state index contributed by atoms with van der Waals surface area (Å²) in [6, 6.07) is 0. The van der Waals surface area contributed by atoms with Gasteiger partial charge in [0.05, 0.1) is 0 Å². The first-order valence-electron chi connectivity index (χ1n) is 6.25. The highest BCUT2D eigenvalue weighted by Crippen LogP contribution is 2.17. The van der Waals surface area contributed by atoms with Gasteiger partial charge in [0.15, 0.2) is 0 Å².